The van der Waals surface area contributed by atoms with Crippen LogP contribution < -0.4 is 5.32 Å². The van der Waals surface area contributed by atoms with Gasteiger partial charge < -0.3 is 5.32 Å². The molecule has 2 nitrogen and oxygen atoms in total. The van der Waals surface area contributed by atoms with E-state index in [2.05, 4.69) is 60.5 Å². The molecular formula is C17H22N2. The third-order valence-electron chi connectivity index (χ3n) is 3.52. The molecule has 0 aliphatic rings. The van der Waals surface area contributed by atoms with E-state index in [4.69, 9.17) is 0 Å². The van der Waals surface area contributed by atoms with Crippen molar-refractivity contribution >= 4 is 0 Å². The highest BCUT2D eigenvalue weighted by molar-refractivity contribution is 5.26. The number of nitrogens with zero attached hydrogens (tertiary/aromatic N) is 1. The minimum absolute atomic E-state index is 0.320. The van der Waals surface area contributed by atoms with Crippen molar-refractivity contribution in [2.75, 3.05) is 7.05 Å². The number of pyridine rings is 1. The Hall–Kier alpha value is -1.67. The van der Waals surface area contributed by atoms with Gasteiger partial charge in [0.25, 0.3) is 0 Å². The minimum atomic E-state index is 0.320. The molecule has 0 aliphatic heterocycles. The lowest BCUT2D eigenvalue weighted by Gasteiger charge is -2.16. The Labute approximate surface area is 115 Å². The van der Waals surface area contributed by atoms with Gasteiger partial charge in [0.1, 0.15) is 0 Å². The van der Waals surface area contributed by atoms with Crippen molar-refractivity contribution in [2.45, 2.75) is 32.7 Å². The molecule has 0 spiro atoms. The molecule has 0 radical (unpaired) electrons. The fourth-order valence-electron chi connectivity index (χ4n) is 2.20. The Morgan fingerprint density at radius 1 is 1.11 bits per heavy atom. The lowest BCUT2D eigenvalue weighted by Crippen LogP contribution is -2.19. The maximum Gasteiger partial charge on any atom is 0.0422 e. The lowest BCUT2D eigenvalue weighted by molar-refractivity contribution is 0.584. The van der Waals surface area contributed by atoms with Gasteiger partial charge in [-0.2, -0.15) is 0 Å². The van der Waals surface area contributed by atoms with Crippen molar-refractivity contribution in [3.63, 3.8) is 0 Å². The van der Waals surface area contributed by atoms with Crippen LogP contribution in [0.15, 0.2) is 42.6 Å². The van der Waals surface area contributed by atoms with E-state index in [0.717, 1.165) is 18.5 Å². The van der Waals surface area contributed by atoms with Gasteiger partial charge in [-0.05, 0) is 43.1 Å². The van der Waals surface area contributed by atoms with Crippen LogP contribution in [0.3, 0.4) is 0 Å². The first-order valence-corrected chi connectivity index (χ1v) is 6.90. The molecule has 2 aromatic rings. The summed E-state index contributed by atoms with van der Waals surface area (Å²) in [5.74, 6) is 0. The Morgan fingerprint density at radius 2 is 1.84 bits per heavy atom. The number of aromatic nitrogens is 1. The molecular weight excluding hydrogens is 232 g/mol. The second-order valence-electron chi connectivity index (χ2n) is 4.97. The van der Waals surface area contributed by atoms with Gasteiger partial charge in [-0.25, -0.2) is 0 Å². The molecule has 0 amide bonds. The predicted molar refractivity (Wildman–Crippen MR) is 80.3 cm³/mol. The van der Waals surface area contributed by atoms with E-state index in [1.807, 2.05) is 13.2 Å². The van der Waals surface area contributed by atoms with E-state index in [9.17, 15) is 0 Å². The van der Waals surface area contributed by atoms with Crippen LogP contribution in [0.25, 0.3) is 0 Å². The topological polar surface area (TPSA) is 24.9 Å². The number of hydrogen-bond acceptors (Lipinski definition) is 2. The number of hydrogen-bond donors (Lipinski definition) is 1. The van der Waals surface area contributed by atoms with Gasteiger partial charge in [0.2, 0.25) is 0 Å². The molecule has 1 aromatic heterocycles. The normalized spacial score (nSPS) is 12.4. The summed E-state index contributed by atoms with van der Waals surface area (Å²) in [6.07, 6.45) is 3.94. The van der Waals surface area contributed by atoms with Gasteiger partial charge in [0.15, 0.2) is 0 Å². The summed E-state index contributed by atoms with van der Waals surface area (Å²) in [6, 6.07) is 13.4. The zero-order valence-electron chi connectivity index (χ0n) is 12.0. The summed E-state index contributed by atoms with van der Waals surface area (Å²) < 4.78 is 0. The van der Waals surface area contributed by atoms with Crippen LogP contribution in [0.5, 0.6) is 0 Å². The first-order chi connectivity index (χ1) is 9.22. The third kappa shape index (κ3) is 3.65. The molecule has 1 heterocycles. The molecule has 0 fully saturated rings. The first-order valence-electron chi connectivity index (χ1n) is 6.90. The number of likely N-dealkylation sites (N-methyl/N-ethyl adjacent to an activating group) is 1. The minimum Gasteiger partial charge on any atom is -0.313 e. The van der Waals surface area contributed by atoms with E-state index >= 15 is 0 Å². The Bertz CT molecular complexity index is 500. The van der Waals surface area contributed by atoms with Crippen LogP contribution in [0.2, 0.25) is 0 Å². The van der Waals surface area contributed by atoms with Crippen molar-refractivity contribution in [3.05, 3.63) is 65.0 Å². The molecule has 19 heavy (non-hydrogen) atoms. The molecule has 0 aliphatic carbocycles. The van der Waals surface area contributed by atoms with Gasteiger partial charge in [-0.15, -0.1) is 0 Å². The highest BCUT2D eigenvalue weighted by Crippen LogP contribution is 2.18. The Kier molecular flexibility index (Phi) is 4.69. The summed E-state index contributed by atoms with van der Waals surface area (Å²) in [7, 11) is 2.01. The van der Waals surface area contributed by atoms with Crippen LogP contribution in [-0.4, -0.2) is 12.0 Å². The molecule has 100 valence electrons. The fraction of sp³-hybridized carbons (Fsp3) is 0.353. The summed E-state index contributed by atoms with van der Waals surface area (Å²) in [6.45, 7) is 4.25. The molecule has 2 rings (SSSR count). The van der Waals surface area contributed by atoms with E-state index in [1.54, 1.807) is 0 Å². The molecule has 0 saturated heterocycles. The van der Waals surface area contributed by atoms with E-state index in [0.29, 0.717) is 6.04 Å². The quantitative estimate of drug-likeness (QED) is 0.884. The first kappa shape index (κ1) is 13.8. The monoisotopic (exact) mass is 254 g/mol. The predicted octanol–water partition coefficient (Wildman–Crippen LogP) is 3.46. The number of benzene rings is 1. The number of aryl methyl sites for hydroxylation is 2. The summed E-state index contributed by atoms with van der Waals surface area (Å²) in [5.41, 5.74) is 5.04. The van der Waals surface area contributed by atoms with E-state index in [1.165, 1.54) is 16.7 Å². The average Bonchev–Trinajstić information content (AvgIpc) is 2.47. The SMILES string of the molecule is CCc1ccc(C(Cc2ccc(C)cn2)NC)cc1. The summed E-state index contributed by atoms with van der Waals surface area (Å²) in [5, 5.41) is 3.38. The fourth-order valence-corrected chi connectivity index (χ4v) is 2.20. The zero-order valence-corrected chi connectivity index (χ0v) is 12.0. The lowest BCUT2D eigenvalue weighted by atomic mass is 10.00. The maximum atomic E-state index is 4.49. The van der Waals surface area contributed by atoms with Crippen molar-refractivity contribution in [2.24, 2.45) is 0 Å². The van der Waals surface area contributed by atoms with Crippen LogP contribution in [0.4, 0.5) is 0 Å². The Morgan fingerprint density at radius 3 is 2.37 bits per heavy atom. The molecule has 2 heteroatoms. The maximum absolute atomic E-state index is 4.49. The average molecular weight is 254 g/mol. The van der Waals surface area contributed by atoms with E-state index in [-0.39, 0.29) is 0 Å². The van der Waals surface area contributed by atoms with Gasteiger partial charge >= 0.3 is 0 Å². The van der Waals surface area contributed by atoms with Crippen molar-refractivity contribution in [1.29, 1.82) is 0 Å². The number of nitrogens with one attached hydrogen (secondary N) is 1. The number of rotatable bonds is 5. The molecule has 1 aromatic carbocycles. The van der Waals surface area contributed by atoms with E-state index < -0.39 is 0 Å². The highest BCUT2D eigenvalue weighted by atomic mass is 14.9. The largest absolute Gasteiger partial charge is 0.313 e. The van der Waals surface area contributed by atoms with Crippen LogP contribution in [0, 0.1) is 6.92 Å². The van der Waals surface area contributed by atoms with Crippen molar-refractivity contribution in [3.8, 4) is 0 Å². The molecule has 0 saturated carbocycles. The van der Waals surface area contributed by atoms with Crippen LogP contribution >= 0.6 is 0 Å². The Balaban J connectivity index is 2.12. The smallest absolute Gasteiger partial charge is 0.0422 e. The second kappa shape index (κ2) is 6.48. The molecule has 1 unspecified atom stereocenters. The molecule has 0 bridgehead atoms. The zero-order chi connectivity index (χ0) is 13.7. The van der Waals surface area contributed by atoms with Crippen LogP contribution in [-0.2, 0) is 12.8 Å². The van der Waals surface area contributed by atoms with Gasteiger partial charge in [-0.1, -0.05) is 37.3 Å². The summed E-state index contributed by atoms with van der Waals surface area (Å²) in [4.78, 5) is 4.49. The van der Waals surface area contributed by atoms with Crippen molar-refractivity contribution < 1.29 is 0 Å². The standard InChI is InChI=1S/C17H22N2/c1-4-14-6-8-15(9-7-14)17(18-3)11-16-10-5-13(2)12-19-16/h5-10,12,17-18H,4,11H2,1-3H3. The highest BCUT2D eigenvalue weighted by Gasteiger charge is 2.10. The van der Waals surface area contributed by atoms with Gasteiger partial charge in [0.05, 0.1) is 0 Å². The van der Waals surface area contributed by atoms with Gasteiger partial charge in [0, 0.05) is 24.4 Å². The second-order valence-corrected chi connectivity index (χ2v) is 4.97. The van der Waals surface area contributed by atoms with Crippen molar-refractivity contribution in [1.82, 2.24) is 10.3 Å². The van der Waals surface area contributed by atoms with Gasteiger partial charge in [-0.3, -0.25) is 4.98 Å². The molecule has 1 atom stereocenters. The third-order valence-corrected chi connectivity index (χ3v) is 3.52. The van der Waals surface area contributed by atoms with Crippen LogP contribution in [0.1, 0.15) is 35.3 Å². The molecule has 1 N–H and O–H groups in total. The summed E-state index contributed by atoms with van der Waals surface area (Å²) >= 11 is 0.